The van der Waals surface area contributed by atoms with Crippen LogP contribution in [0.3, 0.4) is 0 Å². The quantitative estimate of drug-likeness (QED) is 0.0977. The molecule has 0 spiro atoms. The highest BCUT2D eigenvalue weighted by Crippen LogP contribution is 2.47. The van der Waals surface area contributed by atoms with E-state index in [0.29, 0.717) is 79.4 Å². The number of hydroxylamine groups is 2. The molecule has 5 aromatic rings. The summed E-state index contributed by atoms with van der Waals surface area (Å²) in [7, 11) is 4.96. The summed E-state index contributed by atoms with van der Waals surface area (Å²) in [6, 6.07) is 20.2. The van der Waals surface area contributed by atoms with Crippen LogP contribution in [-0.4, -0.2) is 110 Å². The Balaban J connectivity index is 0.000000221. The maximum absolute atomic E-state index is 12.9. The number of piperidine rings is 2. The summed E-state index contributed by atoms with van der Waals surface area (Å²) in [5.74, 6) is 0.616. The Kier molecular flexibility index (Phi) is 18.9. The molecule has 3 amide bonds. The van der Waals surface area contributed by atoms with Crippen LogP contribution in [0.4, 0.5) is 9.59 Å². The van der Waals surface area contributed by atoms with Crippen molar-refractivity contribution in [1.82, 2.24) is 34.4 Å². The van der Waals surface area contributed by atoms with Gasteiger partial charge in [0.1, 0.15) is 16.9 Å². The number of ether oxygens (including phenoxy) is 2. The molecular formula is C61H75Cl2N7O7. The maximum atomic E-state index is 12.9. The van der Waals surface area contributed by atoms with Gasteiger partial charge >= 0.3 is 12.2 Å². The van der Waals surface area contributed by atoms with Crippen LogP contribution in [0.25, 0.3) is 23.3 Å². The third kappa shape index (κ3) is 14.4. The molecule has 9 rings (SSSR count). The highest BCUT2D eigenvalue weighted by Gasteiger charge is 2.38. The predicted molar refractivity (Wildman–Crippen MR) is 304 cm³/mol. The number of aryl methyl sites for hydroxylation is 1. The van der Waals surface area contributed by atoms with Gasteiger partial charge in [-0.2, -0.15) is 0 Å². The molecule has 2 aliphatic carbocycles. The summed E-state index contributed by atoms with van der Waals surface area (Å²) in [4.78, 5) is 73.5. The molecule has 16 heteroatoms. The van der Waals surface area contributed by atoms with E-state index in [1.807, 2.05) is 107 Å². The summed E-state index contributed by atoms with van der Waals surface area (Å²) in [6.07, 6.45) is 16.1. The van der Waals surface area contributed by atoms with E-state index >= 15 is 0 Å². The second-order valence-electron chi connectivity index (χ2n) is 22.2. The molecule has 0 bridgehead atoms. The van der Waals surface area contributed by atoms with Gasteiger partial charge in [0, 0.05) is 93.6 Å². The molecule has 2 atom stereocenters. The third-order valence-corrected chi connectivity index (χ3v) is 15.0. The number of imidazole rings is 1. The Hall–Kier alpha value is -6.35. The van der Waals surface area contributed by atoms with Crippen molar-refractivity contribution in [2.24, 2.45) is 18.9 Å². The summed E-state index contributed by atoms with van der Waals surface area (Å²) < 4.78 is 13.0. The van der Waals surface area contributed by atoms with Gasteiger partial charge in [-0.15, -0.1) is 0 Å². The topological polar surface area (TPSA) is 149 Å². The van der Waals surface area contributed by atoms with Crippen molar-refractivity contribution in [3.8, 4) is 0 Å². The summed E-state index contributed by atoms with van der Waals surface area (Å²) in [5, 5.41) is 2.60. The van der Waals surface area contributed by atoms with E-state index in [-0.39, 0.29) is 43.1 Å². The number of benzene rings is 2. The average Bonchev–Trinajstić information content (AvgIpc) is 3.77. The maximum Gasteiger partial charge on any atom is 0.410 e. The lowest BCUT2D eigenvalue weighted by atomic mass is 9.76. The lowest BCUT2D eigenvalue weighted by Gasteiger charge is -2.37. The Morgan fingerprint density at radius 2 is 1.10 bits per heavy atom. The van der Waals surface area contributed by atoms with E-state index < -0.39 is 11.2 Å². The molecule has 4 aliphatic rings. The van der Waals surface area contributed by atoms with Crippen LogP contribution >= 0.6 is 23.2 Å². The van der Waals surface area contributed by atoms with E-state index in [1.165, 1.54) is 23.3 Å². The van der Waals surface area contributed by atoms with Crippen LogP contribution in [0.1, 0.15) is 167 Å². The van der Waals surface area contributed by atoms with Crippen LogP contribution < -0.4 is 0 Å². The summed E-state index contributed by atoms with van der Waals surface area (Å²) in [5.41, 5.74) is 10.2. The lowest BCUT2D eigenvalue weighted by molar-refractivity contribution is -0.168. The predicted octanol–water partition coefficient (Wildman–Crippen LogP) is 13.6. The number of Topliss-reactive ketones (excluding diaryl/α,β-unsaturated/α-hetero) is 1. The van der Waals surface area contributed by atoms with Crippen molar-refractivity contribution in [2.75, 3.05) is 40.3 Å². The Morgan fingerprint density at radius 1 is 0.662 bits per heavy atom. The van der Waals surface area contributed by atoms with Gasteiger partial charge in [-0.25, -0.2) is 19.6 Å². The fourth-order valence-electron chi connectivity index (χ4n) is 10.9. The number of pyridine rings is 2. The SMILES string of the molecule is C.CON(C)C(=O)CCC1=Cc2cc(Cl)ccc2C(C2CCN(C(=O)OC(C)(C)C)CC2)c2ncccc21.Cn1cnc(C(=O)CCC2=Cc3cc(Cl)ccc3C(C3CCN(C(=O)OC(C)(C)C)CC3)c3ncccc32)c1. The second-order valence-corrected chi connectivity index (χ2v) is 23.1. The lowest BCUT2D eigenvalue weighted by Crippen LogP contribution is -2.42. The zero-order chi connectivity index (χ0) is 54.5. The molecule has 0 saturated carbocycles. The first kappa shape index (κ1) is 58.3. The van der Waals surface area contributed by atoms with Crippen molar-refractivity contribution in [2.45, 2.75) is 123 Å². The fraction of sp³-hybridized carbons (Fsp3) is 0.459. The van der Waals surface area contributed by atoms with Crippen LogP contribution in [0.5, 0.6) is 0 Å². The summed E-state index contributed by atoms with van der Waals surface area (Å²) in [6.45, 7) is 13.9. The molecule has 0 N–H and O–H groups in total. The monoisotopic (exact) mass is 1090 g/mol. The zero-order valence-electron chi connectivity index (χ0n) is 45.3. The number of fused-ring (bicyclic) bond motifs is 4. The van der Waals surface area contributed by atoms with Crippen molar-refractivity contribution in [3.63, 3.8) is 0 Å². The molecule has 0 radical (unpaired) electrons. The number of rotatable bonds is 10. The molecule has 2 aliphatic heterocycles. The van der Waals surface area contributed by atoms with E-state index in [2.05, 4.69) is 41.4 Å². The van der Waals surface area contributed by atoms with Gasteiger partial charge in [-0.1, -0.05) is 67.0 Å². The Bertz CT molecular complexity index is 2990. The van der Waals surface area contributed by atoms with Gasteiger partial charge in [0.15, 0.2) is 5.78 Å². The largest absolute Gasteiger partial charge is 0.444 e. The first-order chi connectivity index (χ1) is 36.2. The van der Waals surface area contributed by atoms with Crippen LogP contribution in [-0.2, 0) is 26.2 Å². The number of likely N-dealkylation sites (tertiary alicyclic amines) is 2. The number of hydrogen-bond acceptors (Lipinski definition) is 10. The molecule has 2 unspecified atom stereocenters. The van der Waals surface area contributed by atoms with E-state index in [1.54, 1.807) is 24.1 Å². The van der Waals surface area contributed by atoms with Gasteiger partial charge < -0.3 is 23.8 Å². The van der Waals surface area contributed by atoms with Crippen molar-refractivity contribution in [3.05, 3.63) is 146 Å². The number of nitrogens with zero attached hydrogens (tertiary/aromatic N) is 7. The Morgan fingerprint density at radius 3 is 1.51 bits per heavy atom. The molecule has 3 aromatic heterocycles. The van der Waals surface area contributed by atoms with E-state index in [9.17, 15) is 19.2 Å². The highest BCUT2D eigenvalue weighted by atomic mass is 35.5. The number of halogens is 2. The van der Waals surface area contributed by atoms with Gasteiger partial charge in [0.05, 0.1) is 24.8 Å². The first-order valence-electron chi connectivity index (χ1n) is 26.3. The van der Waals surface area contributed by atoms with Gasteiger partial charge in [0.2, 0.25) is 5.91 Å². The molecule has 5 heterocycles. The smallest absolute Gasteiger partial charge is 0.410 e. The van der Waals surface area contributed by atoms with Crippen LogP contribution in [0, 0.1) is 11.8 Å². The first-order valence-corrected chi connectivity index (χ1v) is 27.1. The number of hydrogen-bond donors (Lipinski definition) is 0. The third-order valence-electron chi connectivity index (χ3n) is 14.6. The molecule has 2 saturated heterocycles. The number of carbonyl (C=O) groups is 4. The van der Waals surface area contributed by atoms with Crippen LogP contribution in [0.15, 0.2) is 85.6 Å². The van der Waals surface area contributed by atoms with Crippen molar-refractivity contribution >= 4 is 70.4 Å². The highest BCUT2D eigenvalue weighted by molar-refractivity contribution is 6.31. The van der Waals surface area contributed by atoms with Gasteiger partial charge in [-0.05, 0) is 173 Å². The number of amides is 3. The van der Waals surface area contributed by atoms with Gasteiger partial charge in [-0.3, -0.25) is 24.4 Å². The zero-order valence-corrected chi connectivity index (χ0v) is 46.8. The van der Waals surface area contributed by atoms with Crippen molar-refractivity contribution < 1.29 is 33.5 Å². The standard InChI is InChI=1S/C31H35ClN4O3.C29H36ClN3O4.CH4/c1-31(2,3)39-30(38)36-14-11-20(12-15-36)28-24-9-8-23(32)17-22(24)16-21(25-6-5-13-33-29(25)28)7-10-27(37)26-18-35(4)19-34-26;1-29(2,3)37-28(35)33-15-12-19(13-16-33)26-23-10-9-22(30)18-21(23)17-20(8-11-25(34)32(4)36-5)24-7-6-14-31-27(24)26;/h5-6,8-9,13,16-20,28H,7,10-12,14-15H2,1-4H3;6-7,9-10,14,17-19,26H,8,11-13,15-16H2,1-5H3;1H4. The summed E-state index contributed by atoms with van der Waals surface area (Å²) >= 11 is 12.9. The van der Waals surface area contributed by atoms with E-state index in [4.69, 9.17) is 47.5 Å². The minimum Gasteiger partial charge on any atom is -0.444 e. The number of allylic oxidation sites excluding steroid dienone is 2. The number of ketones is 1. The molecule has 2 fully saturated rings. The number of aromatic nitrogens is 4. The molecular weight excluding hydrogens is 1010 g/mol. The second kappa shape index (κ2) is 25.0. The van der Waals surface area contributed by atoms with Crippen LogP contribution in [0.2, 0.25) is 10.0 Å². The number of carbonyl (C=O) groups excluding carboxylic acids is 4. The van der Waals surface area contributed by atoms with Gasteiger partial charge in [0.25, 0.3) is 0 Å². The van der Waals surface area contributed by atoms with Crippen molar-refractivity contribution in [1.29, 1.82) is 0 Å². The molecule has 77 heavy (non-hydrogen) atoms. The molecule has 410 valence electrons. The molecule has 2 aromatic carbocycles. The van der Waals surface area contributed by atoms with E-state index in [0.717, 1.165) is 70.5 Å². The fourth-order valence-corrected chi connectivity index (χ4v) is 11.3. The Labute approximate surface area is 464 Å². The molecule has 14 nitrogen and oxygen atoms in total. The minimum atomic E-state index is -0.518. The average molecular weight is 1090 g/mol. The minimum absolute atomic E-state index is 0. The normalized spacial score (nSPS) is 17.5.